The molecule has 10 heteroatoms. The number of nitrogens with zero attached hydrogens (tertiary/aromatic N) is 1. The second kappa shape index (κ2) is 10.2. The molecular formula is C20H20Cl2F2N2O4. The first-order chi connectivity index (χ1) is 14.4. The highest BCUT2D eigenvalue weighted by Crippen LogP contribution is 2.37. The first-order valence-electron chi connectivity index (χ1n) is 9.26. The van der Waals surface area contributed by atoms with Crippen molar-refractivity contribution in [1.29, 1.82) is 0 Å². The van der Waals surface area contributed by atoms with Gasteiger partial charge in [0.15, 0.2) is 11.5 Å². The fourth-order valence-electron chi connectivity index (χ4n) is 2.78. The second-order valence-corrected chi connectivity index (χ2v) is 7.62. The molecule has 1 aliphatic carbocycles. The Morgan fingerprint density at radius 1 is 1.20 bits per heavy atom. The molecule has 0 aliphatic heterocycles. The molecule has 1 heterocycles. The lowest BCUT2D eigenvalue weighted by atomic mass is 10.0. The number of hydrogen-bond donors (Lipinski definition) is 1. The number of aromatic nitrogens is 1. The van der Waals surface area contributed by atoms with E-state index in [1.165, 1.54) is 30.6 Å². The van der Waals surface area contributed by atoms with E-state index in [4.69, 9.17) is 38.4 Å². The number of carbonyl (C=O) groups excluding carboxylic acids is 1. The Morgan fingerprint density at radius 3 is 2.50 bits per heavy atom. The maximum Gasteiger partial charge on any atom is 0.387 e. The fourth-order valence-corrected chi connectivity index (χ4v) is 3.29. The van der Waals surface area contributed by atoms with Gasteiger partial charge in [-0.3, -0.25) is 9.78 Å². The van der Waals surface area contributed by atoms with Crippen LogP contribution in [0.1, 0.15) is 30.1 Å². The molecule has 0 radical (unpaired) electrons. The van der Waals surface area contributed by atoms with Crippen molar-refractivity contribution in [2.24, 2.45) is 11.7 Å². The number of nitrogens with two attached hydrogens (primary N) is 1. The van der Waals surface area contributed by atoms with E-state index in [1.54, 1.807) is 0 Å². The average molecular weight is 461 g/mol. The van der Waals surface area contributed by atoms with Gasteiger partial charge in [-0.2, -0.15) is 8.78 Å². The zero-order valence-corrected chi connectivity index (χ0v) is 17.3. The van der Waals surface area contributed by atoms with Gasteiger partial charge in [-0.1, -0.05) is 29.3 Å². The van der Waals surface area contributed by atoms with Gasteiger partial charge >= 0.3 is 12.6 Å². The number of ether oxygens (including phenoxy) is 3. The van der Waals surface area contributed by atoms with Gasteiger partial charge in [0.05, 0.1) is 23.2 Å². The SMILES string of the molecule is NCC(=O)O[C@@H](Cc1c(Cl)cncc1Cl)c1ccc(OC(F)F)c(OCC2CC2)c1. The van der Waals surface area contributed by atoms with Crippen LogP contribution in [0.4, 0.5) is 8.78 Å². The molecule has 0 saturated heterocycles. The molecule has 1 aromatic carbocycles. The maximum absolute atomic E-state index is 12.8. The second-order valence-electron chi connectivity index (χ2n) is 6.81. The van der Waals surface area contributed by atoms with Gasteiger partial charge in [0, 0.05) is 18.8 Å². The third-order valence-electron chi connectivity index (χ3n) is 4.51. The summed E-state index contributed by atoms with van der Waals surface area (Å²) < 4.78 is 41.3. The zero-order chi connectivity index (χ0) is 21.7. The molecule has 1 aromatic heterocycles. The minimum absolute atomic E-state index is 0.0988. The van der Waals surface area contributed by atoms with Crippen molar-refractivity contribution in [2.75, 3.05) is 13.2 Å². The van der Waals surface area contributed by atoms with E-state index in [9.17, 15) is 13.6 Å². The van der Waals surface area contributed by atoms with Gasteiger partial charge in [-0.15, -0.1) is 0 Å². The summed E-state index contributed by atoms with van der Waals surface area (Å²) in [6, 6.07) is 4.37. The highest BCUT2D eigenvalue weighted by Gasteiger charge is 2.25. The minimum atomic E-state index is -3.00. The van der Waals surface area contributed by atoms with E-state index in [2.05, 4.69) is 9.72 Å². The van der Waals surface area contributed by atoms with Gasteiger partial charge in [-0.25, -0.2) is 0 Å². The summed E-state index contributed by atoms with van der Waals surface area (Å²) in [6.07, 6.45) is 4.20. The van der Waals surface area contributed by atoms with Crippen LogP contribution in [0.15, 0.2) is 30.6 Å². The number of alkyl halides is 2. The van der Waals surface area contributed by atoms with Crippen molar-refractivity contribution in [2.45, 2.75) is 32.0 Å². The average Bonchev–Trinajstić information content (AvgIpc) is 3.53. The topological polar surface area (TPSA) is 83.7 Å². The summed E-state index contributed by atoms with van der Waals surface area (Å²) in [4.78, 5) is 15.8. The first-order valence-corrected chi connectivity index (χ1v) is 10.0. The molecule has 2 N–H and O–H groups in total. The van der Waals surface area contributed by atoms with Crippen LogP contribution in [0.5, 0.6) is 11.5 Å². The number of benzene rings is 1. The largest absolute Gasteiger partial charge is 0.489 e. The van der Waals surface area contributed by atoms with Gasteiger partial charge in [0.25, 0.3) is 0 Å². The number of pyridine rings is 1. The third kappa shape index (κ3) is 6.17. The normalized spacial score (nSPS) is 14.5. The predicted molar refractivity (Wildman–Crippen MR) is 107 cm³/mol. The number of esters is 1. The Labute approximate surface area is 182 Å². The summed E-state index contributed by atoms with van der Waals surface area (Å²) >= 11 is 12.4. The molecule has 30 heavy (non-hydrogen) atoms. The van der Waals surface area contributed by atoms with E-state index in [-0.39, 0.29) is 24.5 Å². The van der Waals surface area contributed by atoms with Crippen molar-refractivity contribution >= 4 is 29.2 Å². The number of hydrogen-bond acceptors (Lipinski definition) is 6. The van der Waals surface area contributed by atoms with E-state index < -0.39 is 18.7 Å². The molecule has 1 aliphatic rings. The molecular weight excluding hydrogens is 441 g/mol. The fraction of sp³-hybridized carbons (Fsp3) is 0.400. The molecule has 0 spiro atoms. The number of halogens is 4. The van der Waals surface area contributed by atoms with E-state index >= 15 is 0 Å². The molecule has 1 atom stereocenters. The van der Waals surface area contributed by atoms with Crippen molar-refractivity contribution in [3.8, 4) is 11.5 Å². The summed E-state index contributed by atoms with van der Waals surface area (Å²) in [6.45, 7) is -2.94. The lowest BCUT2D eigenvalue weighted by Crippen LogP contribution is -2.21. The zero-order valence-electron chi connectivity index (χ0n) is 15.8. The van der Waals surface area contributed by atoms with Crippen LogP contribution in [-0.4, -0.2) is 30.7 Å². The van der Waals surface area contributed by atoms with Crippen LogP contribution < -0.4 is 15.2 Å². The standard InChI is InChI=1S/C20H20Cl2F2N2O4/c21-14-8-26-9-15(22)13(14)6-17(29-19(27)7-25)12-3-4-16(30-20(23)24)18(5-12)28-10-11-1-2-11/h3-5,8-9,11,17,20H,1-2,6-7,10,25H2/t17-/m0/s1. The Balaban J connectivity index is 1.92. The Bertz CT molecular complexity index is 877. The quantitative estimate of drug-likeness (QED) is 0.523. The summed E-state index contributed by atoms with van der Waals surface area (Å²) in [5, 5.41) is 0.610. The molecule has 1 fully saturated rings. The highest BCUT2D eigenvalue weighted by molar-refractivity contribution is 6.35. The van der Waals surface area contributed by atoms with Gasteiger partial charge in [-0.05, 0) is 42.0 Å². The van der Waals surface area contributed by atoms with Crippen molar-refractivity contribution in [1.82, 2.24) is 4.98 Å². The molecule has 162 valence electrons. The Morgan fingerprint density at radius 2 is 1.90 bits per heavy atom. The van der Waals surface area contributed by atoms with Crippen molar-refractivity contribution in [3.05, 3.63) is 51.8 Å². The minimum Gasteiger partial charge on any atom is -0.489 e. The molecule has 2 aromatic rings. The lowest BCUT2D eigenvalue weighted by Gasteiger charge is -2.21. The van der Waals surface area contributed by atoms with Crippen LogP contribution in [0.25, 0.3) is 0 Å². The van der Waals surface area contributed by atoms with Gasteiger partial charge in [0.1, 0.15) is 6.10 Å². The summed E-state index contributed by atoms with van der Waals surface area (Å²) in [7, 11) is 0. The van der Waals surface area contributed by atoms with Crippen LogP contribution in [0.2, 0.25) is 10.0 Å². The van der Waals surface area contributed by atoms with Gasteiger partial charge < -0.3 is 19.9 Å². The summed E-state index contributed by atoms with van der Waals surface area (Å²) in [5.74, 6) is -0.207. The molecule has 3 rings (SSSR count). The van der Waals surface area contributed by atoms with Crippen LogP contribution in [0.3, 0.4) is 0 Å². The highest BCUT2D eigenvalue weighted by atomic mass is 35.5. The Kier molecular flexibility index (Phi) is 7.69. The van der Waals surface area contributed by atoms with Crippen LogP contribution in [-0.2, 0) is 16.0 Å². The smallest absolute Gasteiger partial charge is 0.387 e. The molecule has 0 amide bonds. The third-order valence-corrected chi connectivity index (χ3v) is 5.16. The van der Waals surface area contributed by atoms with Crippen LogP contribution in [0, 0.1) is 5.92 Å². The number of carbonyl (C=O) groups is 1. The van der Waals surface area contributed by atoms with Crippen molar-refractivity contribution < 1.29 is 27.8 Å². The monoisotopic (exact) mass is 460 g/mol. The predicted octanol–water partition coefficient (Wildman–Crippen LogP) is 4.56. The van der Waals surface area contributed by atoms with Gasteiger partial charge in [0.2, 0.25) is 0 Å². The molecule has 1 saturated carbocycles. The van der Waals surface area contributed by atoms with Crippen LogP contribution >= 0.6 is 23.2 Å². The number of rotatable bonds is 10. The maximum atomic E-state index is 12.8. The molecule has 0 bridgehead atoms. The lowest BCUT2D eigenvalue weighted by molar-refractivity contribution is -0.147. The first kappa shape index (κ1) is 22.5. The van der Waals surface area contributed by atoms with E-state index in [0.29, 0.717) is 33.7 Å². The van der Waals surface area contributed by atoms with E-state index in [1.807, 2.05) is 0 Å². The summed E-state index contributed by atoms with van der Waals surface area (Å²) in [5.41, 5.74) is 6.40. The Hall–Kier alpha value is -2.16. The molecule has 0 unspecified atom stereocenters. The van der Waals surface area contributed by atoms with E-state index in [0.717, 1.165) is 12.8 Å². The molecule has 6 nitrogen and oxygen atoms in total. The van der Waals surface area contributed by atoms with Crippen molar-refractivity contribution in [3.63, 3.8) is 0 Å².